The first-order valence-corrected chi connectivity index (χ1v) is 5.63. The molecule has 0 radical (unpaired) electrons. The Morgan fingerprint density at radius 1 is 1.24 bits per heavy atom. The summed E-state index contributed by atoms with van der Waals surface area (Å²) in [6, 6.07) is 0. The second-order valence-electron chi connectivity index (χ2n) is 5.29. The van der Waals surface area contributed by atoms with Crippen molar-refractivity contribution in [2.24, 2.45) is 5.41 Å². The van der Waals surface area contributed by atoms with Crippen LogP contribution in [-0.2, 0) is 4.74 Å². The number of ether oxygens (including phenoxy) is 1. The van der Waals surface area contributed by atoms with Crippen LogP contribution in [0.1, 0.15) is 27.2 Å². The average molecular weight is 257 g/mol. The van der Waals surface area contributed by atoms with Crippen LogP contribution < -0.4 is 5.32 Å². The zero-order valence-electron chi connectivity index (χ0n) is 10.6. The first-order chi connectivity index (χ1) is 7.60. The molecule has 104 valence electrons. The molecular formula is C11H22F3NO2. The maximum absolute atomic E-state index is 11.7. The molecule has 0 aliphatic carbocycles. The molecule has 0 rings (SSSR count). The Kier molecular flexibility index (Phi) is 7.04. The van der Waals surface area contributed by atoms with Crippen LogP contribution in [0.15, 0.2) is 0 Å². The highest BCUT2D eigenvalue weighted by atomic mass is 19.4. The van der Waals surface area contributed by atoms with Crippen LogP contribution in [0.3, 0.4) is 0 Å². The fraction of sp³-hybridized carbons (Fsp3) is 1.00. The van der Waals surface area contributed by atoms with Crippen LogP contribution in [-0.4, -0.2) is 43.7 Å². The van der Waals surface area contributed by atoms with Crippen LogP contribution in [0, 0.1) is 5.41 Å². The van der Waals surface area contributed by atoms with E-state index in [9.17, 15) is 18.3 Å². The SMILES string of the molecule is CC(C)(C)CC(O)CNCCOCC(F)(F)F. The van der Waals surface area contributed by atoms with Crippen LogP contribution in [0.4, 0.5) is 13.2 Å². The molecule has 0 aromatic rings. The summed E-state index contributed by atoms with van der Waals surface area (Å²) in [7, 11) is 0. The Balaban J connectivity index is 3.40. The van der Waals surface area contributed by atoms with Gasteiger partial charge in [0.25, 0.3) is 0 Å². The molecule has 0 aromatic heterocycles. The van der Waals surface area contributed by atoms with Gasteiger partial charge in [-0.1, -0.05) is 20.8 Å². The molecule has 0 bridgehead atoms. The third-order valence-electron chi connectivity index (χ3n) is 1.92. The largest absolute Gasteiger partial charge is 0.411 e. The minimum Gasteiger partial charge on any atom is -0.392 e. The molecule has 0 saturated heterocycles. The normalized spacial score (nSPS) is 15.0. The summed E-state index contributed by atoms with van der Waals surface area (Å²) in [4.78, 5) is 0. The molecule has 0 aliphatic heterocycles. The monoisotopic (exact) mass is 257 g/mol. The van der Waals surface area contributed by atoms with Crippen molar-refractivity contribution in [1.29, 1.82) is 0 Å². The highest BCUT2D eigenvalue weighted by Crippen LogP contribution is 2.20. The van der Waals surface area contributed by atoms with Crippen molar-refractivity contribution < 1.29 is 23.0 Å². The molecule has 0 heterocycles. The van der Waals surface area contributed by atoms with Gasteiger partial charge in [0.15, 0.2) is 0 Å². The van der Waals surface area contributed by atoms with Crippen LogP contribution >= 0.6 is 0 Å². The molecule has 6 heteroatoms. The van der Waals surface area contributed by atoms with E-state index in [4.69, 9.17) is 0 Å². The number of hydrogen-bond donors (Lipinski definition) is 2. The van der Waals surface area contributed by atoms with Crippen molar-refractivity contribution in [2.45, 2.75) is 39.5 Å². The number of nitrogens with one attached hydrogen (secondary N) is 1. The van der Waals surface area contributed by atoms with E-state index in [1.54, 1.807) is 0 Å². The lowest BCUT2D eigenvalue weighted by Gasteiger charge is -2.22. The lowest BCUT2D eigenvalue weighted by Crippen LogP contribution is -2.32. The molecule has 1 atom stereocenters. The molecule has 0 fully saturated rings. The van der Waals surface area contributed by atoms with E-state index in [-0.39, 0.29) is 12.0 Å². The Morgan fingerprint density at radius 2 is 1.82 bits per heavy atom. The minimum atomic E-state index is -4.27. The first kappa shape index (κ1) is 16.7. The molecule has 0 saturated carbocycles. The van der Waals surface area contributed by atoms with Gasteiger partial charge in [-0.05, 0) is 11.8 Å². The summed E-state index contributed by atoms with van der Waals surface area (Å²) in [5.74, 6) is 0. The quantitative estimate of drug-likeness (QED) is 0.685. The Morgan fingerprint density at radius 3 is 2.29 bits per heavy atom. The number of aliphatic hydroxyl groups is 1. The lowest BCUT2D eigenvalue weighted by molar-refractivity contribution is -0.173. The van der Waals surface area contributed by atoms with Crippen molar-refractivity contribution in [1.82, 2.24) is 5.32 Å². The number of aliphatic hydroxyl groups excluding tert-OH is 1. The Labute approximate surface area is 100 Å². The standard InChI is InChI=1S/C11H22F3NO2/c1-10(2,3)6-9(16)7-15-4-5-17-8-11(12,13)14/h9,15-16H,4-8H2,1-3H3. The summed E-state index contributed by atoms with van der Waals surface area (Å²) in [6.07, 6.45) is -4.12. The molecule has 3 nitrogen and oxygen atoms in total. The lowest BCUT2D eigenvalue weighted by atomic mass is 9.89. The summed E-state index contributed by atoms with van der Waals surface area (Å²) < 4.78 is 39.5. The molecule has 0 aromatic carbocycles. The zero-order chi connectivity index (χ0) is 13.5. The van der Waals surface area contributed by atoms with Gasteiger partial charge in [0.05, 0.1) is 12.7 Å². The first-order valence-electron chi connectivity index (χ1n) is 5.63. The van der Waals surface area contributed by atoms with Crippen molar-refractivity contribution in [3.8, 4) is 0 Å². The molecule has 0 spiro atoms. The van der Waals surface area contributed by atoms with Gasteiger partial charge in [-0.3, -0.25) is 0 Å². The predicted molar refractivity (Wildman–Crippen MR) is 59.8 cm³/mol. The smallest absolute Gasteiger partial charge is 0.392 e. The van der Waals surface area contributed by atoms with E-state index in [0.717, 1.165) is 0 Å². The van der Waals surface area contributed by atoms with Gasteiger partial charge in [0.1, 0.15) is 6.61 Å². The van der Waals surface area contributed by atoms with E-state index >= 15 is 0 Å². The molecular weight excluding hydrogens is 235 g/mol. The summed E-state index contributed by atoms with van der Waals surface area (Å²) in [6.45, 7) is 5.49. The van der Waals surface area contributed by atoms with Crippen LogP contribution in [0.5, 0.6) is 0 Å². The minimum absolute atomic E-state index is 0.0122. The zero-order valence-corrected chi connectivity index (χ0v) is 10.6. The predicted octanol–water partition coefficient (Wildman–Crippen LogP) is 1.95. The van der Waals surface area contributed by atoms with E-state index in [0.29, 0.717) is 19.5 Å². The number of hydrogen-bond acceptors (Lipinski definition) is 3. The van der Waals surface area contributed by atoms with Gasteiger partial charge < -0.3 is 15.2 Å². The maximum Gasteiger partial charge on any atom is 0.411 e. The molecule has 17 heavy (non-hydrogen) atoms. The fourth-order valence-corrected chi connectivity index (χ4v) is 1.38. The van der Waals surface area contributed by atoms with E-state index in [1.807, 2.05) is 20.8 Å². The highest BCUT2D eigenvalue weighted by molar-refractivity contribution is 4.69. The second-order valence-corrected chi connectivity index (χ2v) is 5.29. The Bertz CT molecular complexity index is 202. The number of halogens is 3. The summed E-state index contributed by atoms with van der Waals surface area (Å²) in [5, 5.41) is 12.4. The van der Waals surface area contributed by atoms with Gasteiger partial charge >= 0.3 is 6.18 Å². The van der Waals surface area contributed by atoms with Gasteiger partial charge in [-0.2, -0.15) is 13.2 Å². The van der Waals surface area contributed by atoms with Gasteiger partial charge in [0, 0.05) is 13.1 Å². The number of alkyl halides is 3. The van der Waals surface area contributed by atoms with Crippen LogP contribution in [0.25, 0.3) is 0 Å². The maximum atomic E-state index is 11.7. The summed E-state index contributed by atoms with van der Waals surface area (Å²) in [5.41, 5.74) is 0.0356. The highest BCUT2D eigenvalue weighted by Gasteiger charge is 2.27. The summed E-state index contributed by atoms with van der Waals surface area (Å²) >= 11 is 0. The van der Waals surface area contributed by atoms with Crippen molar-refractivity contribution in [3.05, 3.63) is 0 Å². The fourth-order valence-electron chi connectivity index (χ4n) is 1.38. The van der Waals surface area contributed by atoms with Gasteiger partial charge in [-0.15, -0.1) is 0 Å². The Hall–Kier alpha value is -0.330. The van der Waals surface area contributed by atoms with E-state index < -0.39 is 18.9 Å². The topological polar surface area (TPSA) is 41.5 Å². The van der Waals surface area contributed by atoms with Gasteiger partial charge in [0.2, 0.25) is 0 Å². The molecule has 2 N–H and O–H groups in total. The van der Waals surface area contributed by atoms with E-state index in [1.165, 1.54) is 0 Å². The third-order valence-corrected chi connectivity index (χ3v) is 1.92. The van der Waals surface area contributed by atoms with Crippen molar-refractivity contribution >= 4 is 0 Å². The molecule has 1 unspecified atom stereocenters. The second kappa shape index (κ2) is 7.18. The third kappa shape index (κ3) is 13.6. The van der Waals surface area contributed by atoms with Gasteiger partial charge in [-0.25, -0.2) is 0 Å². The molecule has 0 aliphatic rings. The van der Waals surface area contributed by atoms with Crippen molar-refractivity contribution in [3.63, 3.8) is 0 Å². The molecule has 0 amide bonds. The number of rotatable bonds is 7. The average Bonchev–Trinajstić information content (AvgIpc) is 2.06. The van der Waals surface area contributed by atoms with Crippen LogP contribution in [0.2, 0.25) is 0 Å². The van der Waals surface area contributed by atoms with E-state index in [2.05, 4.69) is 10.1 Å². The van der Waals surface area contributed by atoms with Crippen molar-refractivity contribution in [2.75, 3.05) is 26.3 Å².